The van der Waals surface area contributed by atoms with Crippen molar-refractivity contribution in [2.45, 2.75) is 12.8 Å². The van der Waals surface area contributed by atoms with Crippen LogP contribution < -0.4 is 10.5 Å². The number of rotatable bonds is 6. The maximum absolute atomic E-state index is 10.8. The van der Waals surface area contributed by atoms with Gasteiger partial charge in [0.25, 0.3) is 0 Å². The van der Waals surface area contributed by atoms with Crippen LogP contribution in [0.3, 0.4) is 0 Å². The molecule has 2 rings (SSSR count). The second-order valence-corrected chi connectivity index (χ2v) is 4.15. The second-order valence-electron chi connectivity index (χ2n) is 4.15. The van der Waals surface area contributed by atoms with Crippen LogP contribution in [0.1, 0.15) is 12.3 Å². The van der Waals surface area contributed by atoms with Crippen LogP contribution in [-0.4, -0.2) is 23.6 Å². The summed E-state index contributed by atoms with van der Waals surface area (Å²) in [6.45, 7) is 0.572. The molecule has 106 valence electrons. The topological polar surface area (TPSA) is 104 Å². The van der Waals surface area contributed by atoms with E-state index < -0.39 is 4.92 Å². The average molecular weight is 277 g/mol. The molecule has 0 saturated carbocycles. The molecule has 1 aromatic carbocycles. The van der Waals surface area contributed by atoms with Gasteiger partial charge in [-0.25, -0.2) is 4.98 Å². The Kier molecular flexibility index (Phi) is 4.31. The van der Waals surface area contributed by atoms with Crippen LogP contribution in [0.2, 0.25) is 0 Å². The summed E-state index contributed by atoms with van der Waals surface area (Å²) < 4.78 is 10.6. The highest BCUT2D eigenvalue weighted by atomic mass is 16.6. The number of hydrogen-bond acceptors (Lipinski definition) is 6. The highest BCUT2D eigenvalue weighted by molar-refractivity contribution is 5.63. The molecule has 0 radical (unpaired) electrons. The van der Waals surface area contributed by atoms with Crippen molar-refractivity contribution in [2.24, 2.45) is 5.73 Å². The van der Waals surface area contributed by atoms with E-state index in [9.17, 15) is 10.1 Å². The van der Waals surface area contributed by atoms with Crippen molar-refractivity contribution in [3.8, 4) is 17.1 Å². The zero-order chi connectivity index (χ0) is 14.5. The van der Waals surface area contributed by atoms with Crippen molar-refractivity contribution >= 4 is 5.69 Å². The molecule has 0 saturated heterocycles. The third-order valence-electron chi connectivity index (χ3n) is 2.81. The van der Waals surface area contributed by atoms with E-state index in [1.165, 1.54) is 13.2 Å². The first kappa shape index (κ1) is 14.0. The molecule has 20 heavy (non-hydrogen) atoms. The van der Waals surface area contributed by atoms with Crippen LogP contribution in [0.15, 0.2) is 28.8 Å². The number of ether oxygens (including phenoxy) is 1. The number of nitrogens with zero attached hydrogens (tertiary/aromatic N) is 2. The van der Waals surface area contributed by atoms with Crippen LogP contribution in [-0.2, 0) is 6.42 Å². The van der Waals surface area contributed by atoms with Crippen LogP contribution in [0, 0.1) is 10.1 Å². The van der Waals surface area contributed by atoms with E-state index in [2.05, 4.69) is 4.98 Å². The predicted molar refractivity (Wildman–Crippen MR) is 72.5 cm³/mol. The Hall–Kier alpha value is -2.41. The minimum absolute atomic E-state index is 0.0841. The first-order valence-corrected chi connectivity index (χ1v) is 6.13. The van der Waals surface area contributed by atoms with E-state index in [1.54, 1.807) is 18.3 Å². The highest BCUT2D eigenvalue weighted by Gasteiger charge is 2.16. The maximum atomic E-state index is 10.8. The van der Waals surface area contributed by atoms with E-state index in [4.69, 9.17) is 14.9 Å². The second kappa shape index (κ2) is 6.16. The Morgan fingerprint density at radius 3 is 2.95 bits per heavy atom. The molecule has 0 spiro atoms. The van der Waals surface area contributed by atoms with Crippen molar-refractivity contribution in [1.29, 1.82) is 0 Å². The van der Waals surface area contributed by atoms with Gasteiger partial charge in [0.15, 0.2) is 17.4 Å². The smallest absolute Gasteiger partial charge is 0.310 e. The molecule has 0 aliphatic heterocycles. The Morgan fingerprint density at radius 2 is 2.30 bits per heavy atom. The van der Waals surface area contributed by atoms with Gasteiger partial charge in [0, 0.05) is 18.1 Å². The third-order valence-corrected chi connectivity index (χ3v) is 2.81. The fourth-order valence-electron chi connectivity index (χ4n) is 1.79. The van der Waals surface area contributed by atoms with Gasteiger partial charge in [-0.05, 0) is 25.1 Å². The summed E-state index contributed by atoms with van der Waals surface area (Å²) in [6.07, 6.45) is 3.05. The monoisotopic (exact) mass is 277 g/mol. The zero-order valence-electron chi connectivity index (χ0n) is 11.0. The SMILES string of the molecule is COc1cc(-c2cnc(CCCN)o2)ccc1[N+](=O)[O-]. The summed E-state index contributed by atoms with van der Waals surface area (Å²) in [4.78, 5) is 14.5. The molecule has 7 nitrogen and oxygen atoms in total. The molecule has 2 N–H and O–H groups in total. The number of nitrogens with two attached hydrogens (primary N) is 1. The van der Waals surface area contributed by atoms with E-state index >= 15 is 0 Å². The molecule has 1 aromatic heterocycles. The molecular weight excluding hydrogens is 262 g/mol. The zero-order valence-corrected chi connectivity index (χ0v) is 11.0. The molecule has 2 aromatic rings. The summed E-state index contributed by atoms with van der Waals surface area (Å²) in [7, 11) is 1.39. The number of oxazole rings is 1. The van der Waals surface area contributed by atoms with Gasteiger partial charge < -0.3 is 14.9 Å². The van der Waals surface area contributed by atoms with Crippen molar-refractivity contribution in [1.82, 2.24) is 4.98 Å². The van der Waals surface area contributed by atoms with Crippen molar-refractivity contribution in [3.63, 3.8) is 0 Å². The van der Waals surface area contributed by atoms with Gasteiger partial charge in [0.1, 0.15) is 0 Å². The van der Waals surface area contributed by atoms with Crippen molar-refractivity contribution in [2.75, 3.05) is 13.7 Å². The van der Waals surface area contributed by atoms with Crippen LogP contribution in [0.4, 0.5) is 5.69 Å². The summed E-state index contributed by atoms with van der Waals surface area (Å²) in [6, 6.07) is 4.55. The number of aryl methyl sites for hydroxylation is 1. The molecule has 0 unspecified atom stereocenters. The fourth-order valence-corrected chi connectivity index (χ4v) is 1.79. The van der Waals surface area contributed by atoms with Gasteiger partial charge in [-0.3, -0.25) is 10.1 Å². The number of hydrogen-bond donors (Lipinski definition) is 1. The average Bonchev–Trinajstić information content (AvgIpc) is 2.93. The summed E-state index contributed by atoms with van der Waals surface area (Å²) in [5, 5.41) is 10.8. The van der Waals surface area contributed by atoms with Gasteiger partial charge >= 0.3 is 5.69 Å². The molecule has 0 aliphatic rings. The van der Waals surface area contributed by atoms with Gasteiger partial charge in [-0.1, -0.05) is 0 Å². The Morgan fingerprint density at radius 1 is 1.50 bits per heavy atom. The quantitative estimate of drug-likeness (QED) is 0.640. The summed E-state index contributed by atoms with van der Waals surface area (Å²) in [5.74, 6) is 1.33. The van der Waals surface area contributed by atoms with E-state index in [1.807, 2.05) is 0 Å². The van der Waals surface area contributed by atoms with E-state index in [0.29, 0.717) is 30.2 Å². The Bertz CT molecular complexity index is 609. The van der Waals surface area contributed by atoms with E-state index in [0.717, 1.165) is 6.42 Å². The van der Waals surface area contributed by atoms with Crippen LogP contribution in [0.25, 0.3) is 11.3 Å². The number of nitro groups is 1. The van der Waals surface area contributed by atoms with Gasteiger partial charge in [-0.15, -0.1) is 0 Å². The largest absolute Gasteiger partial charge is 0.490 e. The molecule has 0 bridgehead atoms. The number of benzene rings is 1. The molecule has 1 heterocycles. The molecular formula is C13H15N3O4. The lowest BCUT2D eigenvalue weighted by molar-refractivity contribution is -0.385. The van der Waals surface area contributed by atoms with E-state index in [-0.39, 0.29) is 11.4 Å². The lowest BCUT2D eigenvalue weighted by Gasteiger charge is -2.03. The molecule has 0 aliphatic carbocycles. The maximum Gasteiger partial charge on any atom is 0.310 e. The lowest BCUT2D eigenvalue weighted by Crippen LogP contribution is -2.00. The number of aromatic nitrogens is 1. The molecule has 0 amide bonds. The fraction of sp³-hybridized carbons (Fsp3) is 0.308. The molecule has 0 atom stereocenters. The van der Waals surface area contributed by atoms with Crippen LogP contribution >= 0.6 is 0 Å². The normalized spacial score (nSPS) is 10.5. The molecule has 7 heteroatoms. The van der Waals surface area contributed by atoms with Crippen molar-refractivity contribution < 1.29 is 14.1 Å². The molecule has 0 fully saturated rings. The van der Waals surface area contributed by atoms with Gasteiger partial charge in [0.05, 0.1) is 18.2 Å². The van der Waals surface area contributed by atoms with Gasteiger partial charge in [-0.2, -0.15) is 0 Å². The first-order chi connectivity index (χ1) is 9.65. The predicted octanol–water partition coefficient (Wildman–Crippen LogP) is 2.15. The lowest BCUT2D eigenvalue weighted by atomic mass is 10.1. The van der Waals surface area contributed by atoms with Crippen LogP contribution in [0.5, 0.6) is 5.75 Å². The number of nitro benzene ring substituents is 1. The Labute approximate surface area is 115 Å². The summed E-state index contributed by atoms with van der Waals surface area (Å²) in [5.41, 5.74) is 6.02. The van der Waals surface area contributed by atoms with Gasteiger partial charge in [0.2, 0.25) is 0 Å². The minimum Gasteiger partial charge on any atom is -0.490 e. The number of methoxy groups -OCH3 is 1. The standard InChI is InChI=1S/C13H15N3O4/c1-19-11-7-9(4-5-10(11)16(17)18)12-8-15-13(20-12)3-2-6-14/h4-5,7-8H,2-3,6,14H2,1H3. The summed E-state index contributed by atoms with van der Waals surface area (Å²) >= 11 is 0. The third kappa shape index (κ3) is 2.94. The Balaban J connectivity index is 2.28. The first-order valence-electron chi connectivity index (χ1n) is 6.13. The van der Waals surface area contributed by atoms with Crippen molar-refractivity contribution in [3.05, 3.63) is 40.4 Å². The highest BCUT2D eigenvalue weighted by Crippen LogP contribution is 2.32. The minimum atomic E-state index is -0.490.